The maximum absolute atomic E-state index is 12.7. The van der Waals surface area contributed by atoms with E-state index in [1.54, 1.807) is 0 Å². The van der Waals surface area contributed by atoms with Crippen molar-refractivity contribution in [2.45, 2.75) is 33.4 Å². The highest BCUT2D eigenvalue weighted by Gasteiger charge is 2.24. The lowest BCUT2D eigenvalue weighted by Gasteiger charge is -2.10. The lowest BCUT2D eigenvalue weighted by atomic mass is 10.1. The maximum atomic E-state index is 12.7. The zero-order valence-corrected chi connectivity index (χ0v) is 45.9. The Bertz CT molecular complexity index is 4670. The molecular weight excluding hydrogens is 1180 g/mol. The molecule has 432 valence electrons. The molecule has 2 heterocycles. The van der Waals surface area contributed by atoms with Crippen molar-refractivity contribution in [2.75, 3.05) is 5.32 Å². The minimum atomic E-state index is -5.12. The highest BCUT2D eigenvalue weighted by Crippen LogP contribution is 2.38. The number of carboxylic acids is 2. The van der Waals surface area contributed by atoms with Crippen molar-refractivity contribution in [3.05, 3.63) is 166 Å². The van der Waals surface area contributed by atoms with Crippen LogP contribution in [-0.4, -0.2) is 115 Å². The van der Waals surface area contributed by atoms with E-state index in [0.29, 0.717) is 0 Å². The number of aromatic nitrogens is 4. The first kappa shape index (κ1) is 60.0. The highest BCUT2D eigenvalue weighted by atomic mass is 32.2. The molecule has 0 aliphatic carbocycles. The van der Waals surface area contributed by atoms with E-state index in [0.717, 1.165) is 88.3 Å². The van der Waals surface area contributed by atoms with Gasteiger partial charge in [0.15, 0.2) is 11.4 Å². The number of aromatic carboxylic acids is 2. The Kier molecular flexibility index (Phi) is 16.7. The number of rotatable bonds is 18. The largest absolute Gasteiger partial charge is 0.492 e. The van der Waals surface area contributed by atoms with E-state index in [2.05, 4.69) is 41.0 Å². The molecule has 10 N–H and O–H groups in total. The fourth-order valence-electron chi connectivity index (χ4n) is 7.90. The van der Waals surface area contributed by atoms with E-state index < -0.39 is 89.8 Å². The summed E-state index contributed by atoms with van der Waals surface area (Å²) in [4.78, 5) is 23.9. The van der Waals surface area contributed by atoms with Crippen molar-refractivity contribution in [1.82, 2.24) is 19.6 Å². The van der Waals surface area contributed by atoms with Gasteiger partial charge in [-0.1, -0.05) is 72.8 Å². The van der Waals surface area contributed by atoms with Gasteiger partial charge in [-0.3, -0.25) is 18.2 Å². The molecule has 0 saturated heterocycles. The quantitative estimate of drug-likeness (QED) is 0.0126. The number of nitrogens with zero attached hydrogens (tertiary/aromatic N) is 9. The fourth-order valence-corrected chi connectivity index (χ4v) is 10.7. The zero-order valence-electron chi connectivity index (χ0n) is 42.6. The summed E-state index contributed by atoms with van der Waals surface area (Å²) in [7, 11) is -20.4. The van der Waals surface area contributed by atoms with Crippen LogP contribution >= 0.6 is 0 Å². The average molecular weight is 1230 g/mol. The molecule has 0 spiro atoms. The van der Waals surface area contributed by atoms with E-state index in [1.807, 2.05) is 0 Å². The molecule has 0 amide bonds. The minimum absolute atomic E-state index is 0.0502. The van der Waals surface area contributed by atoms with Crippen LogP contribution < -0.4 is 5.32 Å². The fraction of sp³-hybridized carbons (Fsp3) is 0.0392. The van der Waals surface area contributed by atoms with Crippen molar-refractivity contribution in [3.63, 3.8) is 0 Å². The van der Waals surface area contributed by atoms with Crippen LogP contribution in [0.2, 0.25) is 0 Å². The van der Waals surface area contributed by atoms with Crippen molar-refractivity contribution >= 4 is 117 Å². The van der Waals surface area contributed by atoms with Crippen LogP contribution in [0.5, 0.6) is 11.8 Å². The lowest BCUT2D eigenvalue weighted by Crippen LogP contribution is -2.11. The van der Waals surface area contributed by atoms with E-state index in [1.165, 1.54) is 80.6 Å². The van der Waals surface area contributed by atoms with Crippen LogP contribution in [0.1, 0.15) is 54.4 Å². The van der Waals surface area contributed by atoms with Gasteiger partial charge in [0.2, 0.25) is 11.8 Å². The van der Waals surface area contributed by atoms with Gasteiger partial charge in [-0.15, -0.1) is 20.5 Å². The summed E-state index contributed by atoms with van der Waals surface area (Å²) in [6.07, 6.45) is 4.20. The number of aryl methyl sites for hydroxylation is 2. The Hall–Kier alpha value is -10.1. The van der Waals surface area contributed by atoms with Crippen molar-refractivity contribution in [3.8, 4) is 23.1 Å². The number of azo groups is 2. The van der Waals surface area contributed by atoms with Gasteiger partial charge in [0.25, 0.3) is 46.5 Å². The second-order valence-corrected chi connectivity index (χ2v) is 23.0. The topological polar surface area (TPSA) is 462 Å². The van der Waals surface area contributed by atoms with E-state index in [9.17, 15) is 87.0 Å². The predicted molar refractivity (Wildman–Crippen MR) is 298 cm³/mol. The monoisotopic (exact) mass is 1220 g/mol. The maximum Gasteiger partial charge on any atom is 0.337 e. The zero-order chi connectivity index (χ0) is 61.2. The number of carboxylic acid groups (broad SMARTS) is 2. The van der Waals surface area contributed by atoms with Crippen LogP contribution in [0.25, 0.3) is 35.7 Å². The highest BCUT2D eigenvalue weighted by molar-refractivity contribution is 7.86. The van der Waals surface area contributed by atoms with Gasteiger partial charge in [-0.2, -0.15) is 58.2 Å². The Morgan fingerprint density at radius 3 is 1.23 bits per heavy atom. The molecule has 0 bridgehead atoms. The molecule has 0 aliphatic rings. The van der Waals surface area contributed by atoms with Crippen LogP contribution in [0, 0.1) is 13.8 Å². The van der Waals surface area contributed by atoms with Crippen LogP contribution in [-0.2, 0) is 40.5 Å². The van der Waals surface area contributed by atoms with Crippen molar-refractivity contribution in [2.24, 2.45) is 25.4 Å². The first-order valence-electron chi connectivity index (χ1n) is 23.3. The minimum Gasteiger partial charge on any atom is -0.492 e. The third-order valence-corrected chi connectivity index (χ3v) is 15.4. The van der Waals surface area contributed by atoms with Crippen LogP contribution in [0.15, 0.2) is 166 Å². The molecule has 0 atom stereocenters. The molecule has 2 aromatic heterocycles. The number of benzene rings is 6. The predicted octanol–water partition coefficient (Wildman–Crippen LogP) is 9.30. The summed E-state index contributed by atoms with van der Waals surface area (Å²) < 4.78 is 144. The number of hydrogen-bond acceptors (Lipinski definition) is 19. The second kappa shape index (κ2) is 23.4. The second-order valence-electron chi connectivity index (χ2n) is 17.4. The summed E-state index contributed by atoms with van der Waals surface area (Å²) in [5.41, 5.74) is -2.65. The number of hydrogen-bond donors (Lipinski definition) is 10. The number of aliphatic hydroxyl groups excluding tert-OH is 1. The van der Waals surface area contributed by atoms with Gasteiger partial charge in [0, 0.05) is 5.69 Å². The summed E-state index contributed by atoms with van der Waals surface area (Å²) in [5.74, 6) is -3.89. The van der Waals surface area contributed by atoms with Gasteiger partial charge >= 0.3 is 11.9 Å². The first-order chi connectivity index (χ1) is 39.4. The first-order valence-corrected chi connectivity index (χ1v) is 29.1. The number of amidine groups is 1. The summed E-state index contributed by atoms with van der Waals surface area (Å²) in [6.45, 7) is 2.84. The third kappa shape index (κ3) is 13.4. The SMILES string of the molecule is Cc1nn(-c2ccc(/C=C/c3ccc(N=C(O)Nc4ccc(/C=C/c5ccc(-n6nc(C)c(N=Nc7ccccc7C(=O)O)c6O)cc5S(=O)(=O)O)c(S(=O)(=O)O)c4)cc3S(=O)(=O)O)c(S(=O)(=O)O)c2)c(O)c1N=Nc1ccccc1C(=O)O. The Morgan fingerprint density at radius 2 is 0.833 bits per heavy atom. The van der Waals surface area contributed by atoms with Gasteiger partial charge in [0.1, 0.15) is 31.0 Å². The van der Waals surface area contributed by atoms with Crippen LogP contribution in [0.3, 0.4) is 0 Å². The molecule has 0 saturated carbocycles. The Labute approximate surface area is 474 Å². The van der Waals surface area contributed by atoms with E-state index >= 15 is 0 Å². The molecule has 0 aliphatic heterocycles. The van der Waals surface area contributed by atoms with Gasteiger partial charge in [-0.25, -0.2) is 9.59 Å². The molecule has 0 radical (unpaired) electrons. The lowest BCUT2D eigenvalue weighted by molar-refractivity contribution is 0.0687. The number of aromatic hydroxyl groups is 2. The molecule has 8 rings (SSSR count). The molecule has 84 heavy (non-hydrogen) atoms. The smallest absolute Gasteiger partial charge is 0.337 e. The Balaban J connectivity index is 1.02. The van der Waals surface area contributed by atoms with Crippen molar-refractivity contribution < 1.29 is 87.0 Å². The molecule has 0 fully saturated rings. The van der Waals surface area contributed by atoms with Gasteiger partial charge in [-0.05, 0) is 109 Å². The number of anilines is 1. The van der Waals surface area contributed by atoms with E-state index in [4.69, 9.17) is 0 Å². The summed E-state index contributed by atoms with van der Waals surface area (Å²) in [5, 5.41) is 78.1. The number of carbonyl (C=O) groups is 2. The summed E-state index contributed by atoms with van der Waals surface area (Å²) in [6, 6.07) is 23.0. The molecular formula is C51H40N10O19S4. The molecule has 29 nitrogen and oxygen atoms in total. The molecule has 33 heteroatoms. The molecule has 6 aromatic carbocycles. The van der Waals surface area contributed by atoms with Gasteiger partial charge in [0.05, 0.1) is 39.6 Å². The van der Waals surface area contributed by atoms with Gasteiger partial charge < -0.3 is 30.8 Å². The Morgan fingerprint density at radius 1 is 0.476 bits per heavy atom. The third-order valence-electron chi connectivity index (χ3n) is 11.8. The number of nitrogens with one attached hydrogen (secondary N) is 1. The average Bonchev–Trinajstić information content (AvgIpc) is 3.74. The van der Waals surface area contributed by atoms with Crippen molar-refractivity contribution in [1.29, 1.82) is 0 Å². The summed E-state index contributed by atoms with van der Waals surface area (Å²) >= 11 is 0. The standard InChI is InChI=1S/C51H40N10O19S4/c1-27-45(56-54-39-9-5-3-7-37(39)49(64)65)47(62)60(58-27)35-21-17-31(43(25-35)83(75,76)77)13-11-29-15-19-33(23-41(29)81(69,70)71)52-51(68)53-34-20-16-30(42(24-34)82(72,73)74)12-14-32-18-22-36(26-44(32)84(78,79)80)61-48(63)46(28(2)59-61)57-55-40-10-6-4-8-38(40)50(66)67/h3-26,62-63H,1-2H3,(H,64,65)(H,66,67)(H2,52,53,68)(H,69,70,71)(H,72,73,74)(H,75,76,77)(H,78,79,80)/b13-11+,14-12+,56-54?,57-55?. The van der Waals surface area contributed by atoms with Crippen LogP contribution in [0.4, 0.5) is 34.1 Å². The molecule has 8 aromatic rings. The number of aliphatic hydroxyl groups is 1. The number of aliphatic imine (C=N–C) groups is 1. The molecule has 0 unspecified atom stereocenters. The van der Waals surface area contributed by atoms with E-state index in [-0.39, 0.29) is 90.3 Å². The normalized spacial score (nSPS) is 12.8.